The van der Waals surface area contributed by atoms with Gasteiger partial charge in [-0.25, -0.2) is 9.67 Å². The summed E-state index contributed by atoms with van der Waals surface area (Å²) in [7, 11) is 1.81. The Bertz CT molecular complexity index is 1390. The van der Waals surface area contributed by atoms with Gasteiger partial charge in [-0.15, -0.1) is 0 Å². The first-order chi connectivity index (χ1) is 15.3. The number of carbonyl (C=O) groups is 1. The average molecular weight is 447 g/mol. The van der Waals surface area contributed by atoms with E-state index in [9.17, 15) is 9.59 Å². The lowest BCUT2D eigenvalue weighted by molar-refractivity contribution is -0.113. The Hall–Kier alpha value is -3.32. The summed E-state index contributed by atoms with van der Waals surface area (Å²) in [6.45, 7) is 8.02. The van der Waals surface area contributed by atoms with Crippen LogP contribution in [0, 0.1) is 27.7 Å². The van der Waals surface area contributed by atoms with Crippen molar-refractivity contribution in [2.75, 3.05) is 11.1 Å². The van der Waals surface area contributed by atoms with Crippen molar-refractivity contribution in [3.8, 4) is 5.69 Å². The van der Waals surface area contributed by atoms with Gasteiger partial charge in [0.2, 0.25) is 5.91 Å². The van der Waals surface area contributed by atoms with Crippen molar-refractivity contribution in [1.82, 2.24) is 14.3 Å². The number of carbonyl (C=O) groups excluding carboxylic acids is 1. The minimum absolute atomic E-state index is 0.169. The van der Waals surface area contributed by atoms with Gasteiger partial charge in [0, 0.05) is 12.4 Å². The molecule has 4 aromatic rings. The van der Waals surface area contributed by atoms with Gasteiger partial charge in [-0.2, -0.15) is 0 Å². The van der Waals surface area contributed by atoms with E-state index in [0.717, 1.165) is 32.7 Å². The SMILES string of the molecule is Cc1cc(C)c2nc(SCC(=O)Nc3c(C)n(C)n(-c4ccccc4)c3=O)cc(C)c2c1. The Kier molecular flexibility index (Phi) is 5.93. The van der Waals surface area contributed by atoms with Crippen LogP contribution in [0.1, 0.15) is 22.4 Å². The number of anilines is 1. The molecule has 0 radical (unpaired) electrons. The third kappa shape index (κ3) is 4.08. The Morgan fingerprint density at radius 1 is 1.03 bits per heavy atom. The van der Waals surface area contributed by atoms with Gasteiger partial charge in [0.1, 0.15) is 5.69 Å². The van der Waals surface area contributed by atoms with Gasteiger partial charge in [-0.3, -0.25) is 14.3 Å². The van der Waals surface area contributed by atoms with Crippen molar-refractivity contribution in [3.63, 3.8) is 0 Å². The lowest BCUT2D eigenvalue weighted by atomic mass is 10.0. The highest BCUT2D eigenvalue weighted by Gasteiger charge is 2.18. The molecular formula is C25H26N4O2S. The number of hydrogen-bond acceptors (Lipinski definition) is 4. The molecule has 0 unspecified atom stereocenters. The van der Waals surface area contributed by atoms with E-state index in [0.29, 0.717) is 11.4 Å². The Morgan fingerprint density at radius 2 is 1.75 bits per heavy atom. The number of thioether (sulfide) groups is 1. The topological polar surface area (TPSA) is 68.9 Å². The van der Waals surface area contributed by atoms with Crippen molar-refractivity contribution in [1.29, 1.82) is 0 Å². The number of hydrogen-bond donors (Lipinski definition) is 1. The number of fused-ring (bicyclic) bond motifs is 1. The zero-order valence-corrected chi connectivity index (χ0v) is 19.7. The molecule has 0 bridgehead atoms. The van der Waals surface area contributed by atoms with E-state index in [1.165, 1.54) is 17.3 Å². The number of nitrogens with one attached hydrogen (secondary N) is 1. The Labute approximate surface area is 191 Å². The van der Waals surface area contributed by atoms with Crippen molar-refractivity contribution in [2.24, 2.45) is 7.05 Å². The lowest BCUT2D eigenvalue weighted by Gasteiger charge is -2.10. The summed E-state index contributed by atoms with van der Waals surface area (Å²) in [5.74, 6) is -0.0664. The summed E-state index contributed by atoms with van der Waals surface area (Å²) < 4.78 is 3.30. The van der Waals surface area contributed by atoms with Crippen molar-refractivity contribution < 1.29 is 4.79 Å². The molecule has 2 heterocycles. The fourth-order valence-electron chi connectivity index (χ4n) is 3.92. The van der Waals surface area contributed by atoms with Crippen LogP contribution in [0.2, 0.25) is 0 Å². The van der Waals surface area contributed by atoms with Crippen LogP contribution < -0.4 is 10.9 Å². The van der Waals surface area contributed by atoms with Crippen molar-refractivity contribution in [3.05, 3.63) is 81.3 Å². The first-order valence-corrected chi connectivity index (χ1v) is 11.4. The fraction of sp³-hybridized carbons (Fsp3) is 0.240. The van der Waals surface area contributed by atoms with Gasteiger partial charge in [-0.05, 0) is 63.1 Å². The highest BCUT2D eigenvalue weighted by Crippen LogP contribution is 2.27. The second kappa shape index (κ2) is 8.67. The molecule has 0 atom stereocenters. The summed E-state index contributed by atoms with van der Waals surface area (Å²) in [6, 6.07) is 15.6. The van der Waals surface area contributed by atoms with E-state index >= 15 is 0 Å². The summed E-state index contributed by atoms with van der Waals surface area (Å²) in [4.78, 5) is 30.4. The number of aromatic nitrogens is 3. The average Bonchev–Trinajstić information content (AvgIpc) is 2.97. The van der Waals surface area contributed by atoms with Crippen LogP contribution in [-0.4, -0.2) is 26.0 Å². The molecule has 6 nitrogen and oxygen atoms in total. The molecule has 0 aliphatic carbocycles. The minimum Gasteiger partial charge on any atom is -0.319 e. The number of nitrogens with zero attached hydrogens (tertiary/aromatic N) is 3. The molecule has 0 aliphatic rings. The summed E-state index contributed by atoms with van der Waals surface area (Å²) in [5.41, 5.74) is 5.92. The lowest BCUT2D eigenvalue weighted by Crippen LogP contribution is -2.23. The smallest absolute Gasteiger partial charge is 0.295 e. The van der Waals surface area contributed by atoms with Crippen molar-refractivity contribution >= 4 is 34.3 Å². The number of amides is 1. The predicted octanol–water partition coefficient (Wildman–Crippen LogP) is 4.69. The zero-order valence-electron chi connectivity index (χ0n) is 18.9. The van der Waals surface area contributed by atoms with E-state index in [1.54, 1.807) is 16.4 Å². The van der Waals surface area contributed by atoms with Crippen LogP contribution in [0.5, 0.6) is 0 Å². The Balaban J connectivity index is 1.54. The second-order valence-corrected chi connectivity index (χ2v) is 9.02. The maximum atomic E-state index is 13.0. The number of pyridine rings is 1. The van der Waals surface area contributed by atoms with Crippen LogP contribution in [0.15, 0.2) is 58.4 Å². The van der Waals surface area contributed by atoms with E-state index in [4.69, 9.17) is 4.98 Å². The molecule has 0 aliphatic heterocycles. The number of rotatable bonds is 5. The highest BCUT2D eigenvalue weighted by atomic mass is 32.2. The molecule has 1 amide bonds. The van der Waals surface area contributed by atoms with Gasteiger partial charge in [-0.1, -0.05) is 41.6 Å². The normalized spacial score (nSPS) is 11.2. The van der Waals surface area contributed by atoms with Crippen LogP contribution in [0.25, 0.3) is 16.6 Å². The highest BCUT2D eigenvalue weighted by molar-refractivity contribution is 7.99. The molecular weight excluding hydrogens is 420 g/mol. The van der Waals surface area contributed by atoms with Gasteiger partial charge in [0.25, 0.3) is 5.56 Å². The second-order valence-electron chi connectivity index (χ2n) is 8.03. The number of benzene rings is 2. The summed E-state index contributed by atoms with van der Waals surface area (Å²) in [6.07, 6.45) is 0. The molecule has 0 fully saturated rings. The molecule has 4 rings (SSSR count). The summed E-state index contributed by atoms with van der Waals surface area (Å²) in [5, 5.41) is 4.74. The third-order valence-corrected chi connectivity index (χ3v) is 6.51. The fourth-order valence-corrected chi connectivity index (χ4v) is 4.68. The molecule has 1 N–H and O–H groups in total. The van der Waals surface area contributed by atoms with Gasteiger partial charge in [0.05, 0.1) is 27.7 Å². The molecule has 0 saturated heterocycles. The summed E-state index contributed by atoms with van der Waals surface area (Å²) >= 11 is 1.37. The van der Waals surface area contributed by atoms with Gasteiger partial charge in [0.15, 0.2) is 0 Å². The van der Waals surface area contributed by atoms with E-state index < -0.39 is 0 Å². The largest absolute Gasteiger partial charge is 0.319 e. The molecule has 0 saturated carbocycles. The standard InChI is InChI=1S/C25H26N4O2S/c1-15-11-17(3)23-20(12-15)16(2)13-22(27-23)32-14-21(30)26-24-18(4)28(5)29(25(24)31)19-9-7-6-8-10-19/h6-13H,14H2,1-5H3,(H,26,30). The molecule has 32 heavy (non-hydrogen) atoms. The first-order valence-electron chi connectivity index (χ1n) is 10.4. The van der Waals surface area contributed by atoms with Gasteiger partial charge < -0.3 is 5.32 Å². The maximum absolute atomic E-state index is 13.0. The molecule has 7 heteroatoms. The van der Waals surface area contributed by atoms with Crippen LogP contribution in [0.4, 0.5) is 5.69 Å². The van der Waals surface area contributed by atoms with Crippen molar-refractivity contribution in [2.45, 2.75) is 32.7 Å². The maximum Gasteiger partial charge on any atom is 0.295 e. The molecule has 164 valence electrons. The molecule has 2 aromatic heterocycles. The minimum atomic E-state index is -0.250. The number of para-hydroxylation sites is 1. The Morgan fingerprint density at radius 3 is 2.47 bits per heavy atom. The predicted molar refractivity (Wildman–Crippen MR) is 131 cm³/mol. The number of aryl methyl sites for hydroxylation is 3. The third-order valence-electron chi connectivity index (χ3n) is 5.60. The first kappa shape index (κ1) is 21.9. The van der Waals surface area contributed by atoms with Crippen LogP contribution in [-0.2, 0) is 11.8 Å². The van der Waals surface area contributed by atoms with E-state index in [1.807, 2.05) is 43.3 Å². The van der Waals surface area contributed by atoms with Crippen LogP contribution in [0.3, 0.4) is 0 Å². The monoisotopic (exact) mass is 446 g/mol. The molecule has 0 spiro atoms. The van der Waals surface area contributed by atoms with E-state index in [-0.39, 0.29) is 17.2 Å². The van der Waals surface area contributed by atoms with Crippen LogP contribution >= 0.6 is 11.8 Å². The van der Waals surface area contributed by atoms with Gasteiger partial charge >= 0.3 is 0 Å². The molecule has 2 aromatic carbocycles. The zero-order chi connectivity index (χ0) is 23.0. The quantitative estimate of drug-likeness (QED) is 0.452. The van der Waals surface area contributed by atoms with E-state index in [2.05, 4.69) is 38.2 Å².